The van der Waals surface area contributed by atoms with Gasteiger partial charge in [0.1, 0.15) is 16.8 Å². The van der Waals surface area contributed by atoms with E-state index < -0.39 is 12.2 Å². The smallest absolute Gasteiger partial charge is 0.339 e. The molecule has 0 aliphatic rings. The highest BCUT2D eigenvalue weighted by Gasteiger charge is 2.26. The van der Waals surface area contributed by atoms with Crippen molar-refractivity contribution in [1.29, 1.82) is 0 Å². The second-order valence-electron chi connectivity index (χ2n) is 8.70. The van der Waals surface area contributed by atoms with E-state index in [1.807, 2.05) is 84.6 Å². The van der Waals surface area contributed by atoms with Gasteiger partial charge in [0.2, 0.25) is 0 Å². The fraction of sp³-hybridized carbons (Fsp3) is 0.200. The maximum Gasteiger partial charge on any atom is 0.339 e. The lowest BCUT2D eigenvalue weighted by molar-refractivity contribution is 0.0689. The number of nitrogens with zero attached hydrogens (tertiary/aromatic N) is 2. The van der Waals surface area contributed by atoms with Crippen molar-refractivity contribution in [1.82, 2.24) is 4.98 Å². The van der Waals surface area contributed by atoms with Crippen LogP contribution in [-0.4, -0.2) is 28.8 Å². The largest absolute Gasteiger partial charge is 0.478 e. The van der Waals surface area contributed by atoms with Gasteiger partial charge in [-0.15, -0.1) is 0 Å². The lowest BCUT2D eigenvalue weighted by atomic mass is 10.1. The second kappa shape index (κ2) is 10.5. The van der Waals surface area contributed by atoms with E-state index in [0.29, 0.717) is 30.3 Å². The van der Waals surface area contributed by atoms with E-state index in [0.717, 1.165) is 29.1 Å². The van der Waals surface area contributed by atoms with Gasteiger partial charge in [-0.2, -0.15) is 4.98 Å². The molecule has 182 valence electrons. The quantitative estimate of drug-likeness (QED) is 0.218. The Morgan fingerprint density at radius 2 is 1.72 bits per heavy atom. The van der Waals surface area contributed by atoms with Gasteiger partial charge in [-0.3, -0.25) is 4.90 Å². The van der Waals surface area contributed by atoms with Crippen LogP contribution in [0.5, 0.6) is 5.75 Å². The fourth-order valence-corrected chi connectivity index (χ4v) is 4.49. The third-order valence-electron chi connectivity index (χ3n) is 6.30. The Labute approximate surface area is 209 Å². The van der Waals surface area contributed by atoms with Gasteiger partial charge in [-0.05, 0) is 42.0 Å². The number of carboxylic acids is 1. The molecule has 6 nitrogen and oxygen atoms in total. The van der Waals surface area contributed by atoms with Crippen LogP contribution in [0, 0.1) is 0 Å². The first-order valence-corrected chi connectivity index (χ1v) is 12.2. The van der Waals surface area contributed by atoms with Crippen LogP contribution in [0.15, 0.2) is 95.4 Å². The molecule has 0 radical (unpaired) electrons. The van der Waals surface area contributed by atoms with Crippen LogP contribution in [0.2, 0.25) is 0 Å². The SMILES string of the molecule is CCC(Oc1c(C(=O)O)ccc2ccccc12)N(CCCc1ccccc1)c1nc2ccccc2o1. The molecular weight excluding hydrogens is 452 g/mol. The predicted octanol–water partition coefficient (Wildman–Crippen LogP) is 6.93. The van der Waals surface area contributed by atoms with Crippen molar-refractivity contribution in [3.63, 3.8) is 0 Å². The average molecular weight is 481 g/mol. The van der Waals surface area contributed by atoms with Gasteiger partial charge < -0.3 is 14.3 Å². The van der Waals surface area contributed by atoms with Gasteiger partial charge in [0.15, 0.2) is 11.8 Å². The van der Waals surface area contributed by atoms with Crippen LogP contribution in [0.3, 0.4) is 0 Å². The third-order valence-corrected chi connectivity index (χ3v) is 6.30. The van der Waals surface area contributed by atoms with Gasteiger partial charge in [0.05, 0.1) is 0 Å². The van der Waals surface area contributed by atoms with E-state index in [-0.39, 0.29) is 5.56 Å². The zero-order valence-electron chi connectivity index (χ0n) is 20.1. The predicted molar refractivity (Wildman–Crippen MR) is 142 cm³/mol. The van der Waals surface area contributed by atoms with E-state index in [9.17, 15) is 9.90 Å². The van der Waals surface area contributed by atoms with E-state index in [2.05, 4.69) is 12.1 Å². The summed E-state index contributed by atoms with van der Waals surface area (Å²) in [4.78, 5) is 18.8. The Bertz CT molecular complexity index is 1450. The highest BCUT2D eigenvalue weighted by molar-refractivity contribution is 6.00. The van der Waals surface area contributed by atoms with Gasteiger partial charge in [0.25, 0.3) is 0 Å². The lowest BCUT2D eigenvalue weighted by Gasteiger charge is -2.31. The first kappa shape index (κ1) is 23.4. The minimum absolute atomic E-state index is 0.133. The molecule has 36 heavy (non-hydrogen) atoms. The molecule has 1 N–H and O–H groups in total. The molecule has 6 heteroatoms. The molecule has 0 saturated carbocycles. The number of carboxylic acid groups (broad SMARTS) is 1. The Morgan fingerprint density at radius 3 is 2.50 bits per heavy atom. The Balaban J connectivity index is 1.50. The molecule has 5 rings (SSSR count). The van der Waals surface area contributed by atoms with Crippen LogP contribution in [0.25, 0.3) is 21.9 Å². The number of para-hydroxylation sites is 2. The van der Waals surface area contributed by atoms with Crippen LogP contribution >= 0.6 is 0 Å². The molecule has 1 aromatic heterocycles. The average Bonchev–Trinajstić information content (AvgIpc) is 3.34. The number of rotatable bonds is 10. The van der Waals surface area contributed by atoms with Crippen LogP contribution in [-0.2, 0) is 6.42 Å². The highest BCUT2D eigenvalue weighted by Crippen LogP contribution is 2.33. The number of ether oxygens (including phenoxy) is 1. The number of aromatic carboxylic acids is 1. The van der Waals surface area contributed by atoms with E-state index in [1.54, 1.807) is 6.07 Å². The van der Waals surface area contributed by atoms with Gasteiger partial charge >= 0.3 is 12.0 Å². The standard InChI is InChI=1S/C30H28N2O4/c1-2-27(36-28-23-15-7-6-14-22(23)18-19-24(28)29(33)34)32(20-10-13-21-11-4-3-5-12-21)30-31-25-16-8-9-17-26(25)35-30/h3-9,11-12,14-19,27H,2,10,13,20H2,1H3,(H,33,34). The Hall–Kier alpha value is -4.32. The van der Waals surface area contributed by atoms with Gasteiger partial charge in [-0.25, -0.2) is 4.79 Å². The Kier molecular flexibility index (Phi) is 6.85. The van der Waals surface area contributed by atoms with Crippen molar-refractivity contribution in [3.05, 3.63) is 102 Å². The molecule has 1 atom stereocenters. The van der Waals surface area contributed by atoms with Gasteiger partial charge in [-0.1, -0.05) is 79.7 Å². The highest BCUT2D eigenvalue weighted by atomic mass is 16.5. The Morgan fingerprint density at radius 1 is 0.972 bits per heavy atom. The number of hydrogen-bond donors (Lipinski definition) is 1. The van der Waals surface area contributed by atoms with Gasteiger partial charge in [0, 0.05) is 18.4 Å². The number of benzene rings is 4. The normalized spacial score (nSPS) is 12.0. The van der Waals surface area contributed by atoms with Crippen molar-refractivity contribution >= 4 is 33.9 Å². The minimum Gasteiger partial charge on any atom is -0.478 e. The van der Waals surface area contributed by atoms with Crippen LogP contribution in [0.1, 0.15) is 35.7 Å². The zero-order valence-corrected chi connectivity index (χ0v) is 20.1. The number of aromatic nitrogens is 1. The lowest BCUT2D eigenvalue weighted by Crippen LogP contribution is -2.40. The van der Waals surface area contributed by atoms with Crippen molar-refractivity contribution < 1.29 is 19.1 Å². The maximum atomic E-state index is 12.1. The summed E-state index contributed by atoms with van der Waals surface area (Å²) in [6.45, 7) is 2.65. The second-order valence-corrected chi connectivity index (χ2v) is 8.70. The molecule has 1 unspecified atom stereocenters. The summed E-state index contributed by atoms with van der Waals surface area (Å²) < 4.78 is 12.7. The molecule has 0 fully saturated rings. The number of aryl methyl sites for hydroxylation is 1. The van der Waals surface area contributed by atoms with Crippen molar-refractivity contribution in [2.24, 2.45) is 0 Å². The molecule has 4 aromatic carbocycles. The molecule has 0 amide bonds. The summed E-state index contributed by atoms with van der Waals surface area (Å²) in [7, 11) is 0. The van der Waals surface area contributed by atoms with E-state index >= 15 is 0 Å². The third kappa shape index (κ3) is 4.89. The summed E-state index contributed by atoms with van der Waals surface area (Å²) in [5.41, 5.74) is 2.86. The first-order valence-electron chi connectivity index (χ1n) is 12.2. The van der Waals surface area contributed by atoms with E-state index in [4.69, 9.17) is 14.1 Å². The first-order chi connectivity index (χ1) is 17.6. The van der Waals surface area contributed by atoms with Crippen molar-refractivity contribution in [2.75, 3.05) is 11.4 Å². The topological polar surface area (TPSA) is 75.8 Å². The molecule has 0 aliphatic carbocycles. The number of hydrogen-bond acceptors (Lipinski definition) is 5. The van der Waals surface area contributed by atoms with Crippen LogP contribution < -0.4 is 9.64 Å². The van der Waals surface area contributed by atoms with E-state index in [1.165, 1.54) is 5.56 Å². The number of anilines is 1. The van der Waals surface area contributed by atoms with Crippen LogP contribution in [0.4, 0.5) is 6.01 Å². The number of carbonyl (C=O) groups is 1. The summed E-state index contributed by atoms with van der Waals surface area (Å²) in [6.07, 6.45) is 1.87. The fourth-order valence-electron chi connectivity index (χ4n) is 4.49. The molecule has 0 spiro atoms. The molecular formula is C30H28N2O4. The molecule has 1 heterocycles. The summed E-state index contributed by atoms with van der Waals surface area (Å²) in [6, 6.07) is 29.5. The number of fused-ring (bicyclic) bond motifs is 2. The number of oxazole rings is 1. The molecule has 0 bridgehead atoms. The molecule has 0 aliphatic heterocycles. The molecule has 0 saturated heterocycles. The van der Waals surface area contributed by atoms with Crippen molar-refractivity contribution in [2.45, 2.75) is 32.4 Å². The monoisotopic (exact) mass is 480 g/mol. The maximum absolute atomic E-state index is 12.1. The summed E-state index contributed by atoms with van der Waals surface area (Å²) >= 11 is 0. The van der Waals surface area contributed by atoms with Crippen molar-refractivity contribution in [3.8, 4) is 5.75 Å². The minimum atomic E-state index is -1.02. The molecule has 5 aromatic rings. The summed E-state index contributed by atoms with van der Waals surface area (Å²) in [5, 5.41) is 11.6. The summed E-state index contributed by atoms with van der Waals surface area (Å²) in [5.74, 6) is -0.667. The zero-order chi connectivity index (χ0) is 24.9.